The Bertz CT molecular complexity index is 292. The Morgan fingerprint density at radius 3 is 2.71 bits per heavy atom. The minimum Gasteiger partial charge on any atom is -0.371 e. The maximum atomic E-state index is 11.6. The molecule has 0 spiro atoms. The minimum absolute atomic E-state index is 0.257. The van der Waals surface area contributed by atoms with Crippen molar-refractivity contribution in [2.75, 3.05) is 7.05 Å². The molecule has 0 saturated carbocycles. The van der Waals surface area contributed by atoms with Gasteiger partial charge in [0, 0.05) is 7.05 Å². The molecule has 4 N–H and O–H groups in total. The standard InChI is InChI=1S/C6H12N6O2/c1-3-4(13)12(6(14)11(3)2)5-7-9-10-8-5/h3-4,9-10,13H,1-2H3,(H,7,8). The third-order valence-electron chi connectivity index (χ3n) is 2.43. The molecule has 2 atom stereocenters. The molecular formula is C6H12N6O2. The molecule has 0 aliphatic carbocycles. The van der Waals surface area contributed by atoms with E-state index in [1.807, 2.05) is 0 Å². The van der Waals surface area contributed by atoms with E-state index < -0.39 is 6.23 Å². The number of hydrazone groups is 1. The number of carbonyl (C=O) groups excluding carboxylic acids is 1. The Kier molecular flexibility index (Phi) is 1.93. The maximum absolute atomic E-state index is 11.6. The van der Waals surface area contributed by atoms with Gasteiger partial charge in [-0.1, -0.05) is 0 Å². The number of aliphatic hydroxyl groups excluding tert-OH is 1. The third-order valence-corrected chi connectivity index (χ3v) is 2.43. The molecule has 8 nitrogen and oxygen atoms in total. The normalized spacial score (nSPS) is 31.6. The largest absolute Gasteiger partial charge is 0.371 e. The first-order valence-electron chi connectivity index (χ1n) is 4.20. The molecule has 0 radical (unpaired) electrons. The number of amides is 2. The molecule has 14 heavy (non-hydrogen) atoms. The lowest BCUT2D eigenvalue weighted by Gasteiger charge is -2.18. The number of likely N-dealkylation sites (N-methyl/N-ethyl adjacent to an activating group) is 1. The van der Waals surface area contributed by atoms with E-state index in [1.54, 1.807) is 14.0 Å². The van der Waals surface area contributed by atoms with Crippen LogP contribution in [-0.2, 0) is 0 Å². The first kappa shape index (κ1) is 9.03. The number of hydrazine groups is 2. The zero-order valence-electron chi connectivity index (χ0n) is 7.85. The number of nitrogens with one attached hydrogen (secondary N) is 3. The molecule has 2 heterocycles. The van der Waals surface area contributed by atoms with Crippen molar-refractivity contribution >= 4 is 12.0 Å². The number of nitrogens with zero attached hydrogens (tertiary/aromatic N) is 3. The van der Waals surface area contributed by atoms with Crippen LogP contribution in [0.2, 0.25) is 0 Å². The van der Waals surface area contributed by atoms with E-state index >= 15 is 0 Å². The van der Waals surface area contributed by atoms with Gasteiger partial charge >= 0.3 is 6.03 Å². The molecule has 2 rings (SSSR count). The van der Waals surface area contributed by atoms with Gasteiger partial charge in [0.2, 0.25) is 5.96 Å². The van der Waals surface area contributed by atoms with Gasteiger partial charge < -0.3 is 10.0 Å². The van der Waals surface area contributed by atoms with Gasteiger partial charge in [0.05, 0.1) is 6.04 Å². The zero-order chi connectivity index (χ0) is 10.3. The molecule has 0 bridgehead atoms. The smallest absolute Gasteiger partial charge is 0.329 e. The quantitative estimate of drug-likeness (QED) is 0.361. The monoisotopic (exact) mass is 200 g/mol. The molecule has 2 amide bonds. The van der Waals surface area contributed by atoms with Gasteiger partial charge in [-0.25, -0.2) is 15.2 Å². The SMILES string of the molecule is CC1C(O)N(C2=NNNN2)C(=O)N1C. The highest BCUT2D eigenvalue weighted by Gasteiger charge is 2.43. The molecule has 2 unspecified atom stereocenters. The van der Waals surface area contributed by atoms with E-state index in [4.69, 9.17) is 0 Å². The average Bonchev–Trinajstić information content (AvgIpc) is 2.73. The molecule has 0 aromatic heterocycles. The molecular weight excluding hydrogens is 188 g/mol. The average molecular weight is 200 g/mol. The van der Waals surface area contributed by atoms with Crippen LogP contribution in [0.15, 0.2) is 5.10 Å². The molecule has 2 aliphatic rings. The summed E-state index contributed by atoms with van der Waals surface area (Å²) in [7, 11) is 1.63. The lowest BCUT2D eigenvalue weighted by atomic mass is 10.3. The van der Waals surface area contributed by atoms with Crippen molar-refractivity contribution in [1.29, 1.82) is 0 Å². The fourth-order valence-corrected chi connectivity index (χ4v) is 1.40. The molecule has 0 aromatic rings. The third kappa shape index (κ3) is 1.08. The number of hydrogen-bond donors (Lipinski definition) is 4. The van der Waals surface area contributed by atoms with Crippen molar-refractivity contribution in [3.63, 3.8) is 0 Å². The van der Waals surface area contributed by atoms with Crippen LogP contribution in [0.5, 0.6) is 0 Å². The minimum atomic E-state index is -0.888. The van der Waals surface area contributed by atoms with E-state index in [9.17, 15) is 9.90 Å². The lowest BCUT2D eigenvalue weighted by Crippen LogP contribution is -2.48. The van der Waals surface area contributed by atoms with E-state index in [0.29, 0.717) is 0 Å². The fraction of sp³-hybridized carbons (Fsp3) is 0.667. The van der Waals surface area contributed by atoms with Crippen LogP contribution in [0.1, 0.15) is 6.92 Å². The summed E-state index contributed by atoms with van der Waals surface area (Å²) in [5.41, 5.74) is 7.52. The van der Waals surface area contributed by atoms with Crippen LogP contribution in [0.3, 0.4) is 0 Å². The van der Waals surface area contributed by atoms with Crippen LogP contribution < -0.4 is 16.5 Å². The summed E-state index contributed by atoms with van der Waals surface area (Å²) < 4.78 is 0. The van der Waals surface area contributed by atoms with Gasteiger partial charge in [0.1, 0.15) is 0 Å². The highest BCUT2D eigenvalue weighted by atomic mass is 16.3. The van der Waals surface area contributed by atoms with Gasteiger partial charge in [-0.15, -0.1) is 10.6 Å². The summed E-state index contributed by atoms with van der Waals surface area (Å²) in [6.07, 6.45) is -0.888. The van der Waals surface area contributed by atoms with E-state index in [-0.39, 0.29) is 18.0 Å². The Hall–Kier alpha value is -1.54. The van der Waals surface area contributed by atoms with Crippen LogP contribution >= 0.6 is 0 Å². The number of carbonyl (C=O) groups is 1. The predicted molar refractivity (Wildman–Crippen MR) is 47.3 cm³/mol. The summed E-state index contributed by atoms with van der Waals surface area (Å²) >= 11 is 0. The Labute approximate surface area is 80.5 Å². The summed E-state index contributed by atoms with van der Waals surface area (Å²) in [5.74, 6) is 0.263. The first-order chi connectivity index (χ1) is 6.63. The molecule has 8 heteroatoms. The van der Waals surface area contributed by atoms with E-state index in [0.717, 1.165) is 0 Å². The summed E-state index contributed by atoms with van der Waals surface area (Å²) in [6, 6.07) is -0.547. The van der Waals surface area contributed by atoms with Crippen molar-refractivity contribution < 1.29 is 9.90 Å². The van der Waals surface area contributed by atoms with Gasteiger partial charge in [0.25, 0.3) is 0 Å². The summed E-state index contributed by atoms with van der Waals surface area (Å²) in [6.45, 7) is 1.76. The maximum Gasteiger partial charge on any atom is 0.329 e. The Morgan fingerprint density at radius 2 is 2.29 bits per heavy atom. The Balaban J connectivity index is 2.23. The Morgan fingerprint density at radius 1 is 1.57 bits per heavy atom. The molecule has 78 valence electrons. The van der Waals surface area contributed by atoms with Gasteiger partial charge in [-0.2, -0.15) is 0 Å². The number of hydrogen-bond acceptors (Lipinski definition) is 6. The zero-order valence-corrected chi connectivity index (χ0v) is 7.85. The molecule has 1 saturated heterocycles. The van der Waals surface area contributed by atoms with Crippen molar-refractivity contribution in [1.82, 2.24) is 26.3 Å². The van der Waals surface area contributed by atoms with Crippen molar-refractivity contribution in [3.8, 4) is 0 Å². The van der Waals surface area contributed by atoms with Gasteiger partial charge in [-0.05, 0) is 6.92 Å². The van der Waals surface area contributed by atoms with Crippen molar-refractivity contribution in [2.24, 2.45) is 5.10 Å². The van der Waals surface area contributed by atoms with Crippen molar-refractivity contribution in [3.05, 3.63) is 0 Å². The van der Waals surface area contributed by atoms with Gasteiger partial charge in [0.15, 0.2) is 6.23 Å². The van der Waals surface area contributed by atoms with Crippen LogP contribution in [-0.4, -0.2) is 46.2 Å². The van der Waals surface area contributed by atoms with Crippen molar-refractivity contribution in [2.45, 2.75) is 19.2 Å². The number of urea groups is 1. The number of guanidine groups is 1. The molecule has 2 aliphatic heterocycles. The number of aliphatic hydroxyl groups is 1. The lowest BCUT2D eigenvalue weighted by molar-refractivity contribution is 0.0725. The van der Waals surface area contributed by atoms with Gasteiger partial charge in [-0.3, -0.25) is 5.43 Å². The van der Waals surface area contributed by atoms with Crippen LogP contribution in [0.4, 0.5) is 4.79 Å². The predicted octanol–water partition coefficient (Wildman–Crippen LogP) is -2.06. The second kappa shape index (κ2) is 3.00. The van der Waals surface area contributed by atoms with Crippen LogP contribution in [0.25, 0.3) is 0 Å². The second-order valence-corrected chi connectivity index (χ2v) is 3.21. The number of rotatable bonds is 0. The van der Waals surface area contributed by atoms with E-state index in [2.05, 4.69) is 21.6 Å². The molecule has 0 aromatic carbocycles. The molecule has 1 fully saturated rings. The van der Waals surface area contributed by atoms with Crippen LogP contribution in [0, 0.1) is 0 Å². The second-order valence-electron chi connectivity index (χ2n) is 3.21. The topological polar surface area (TPSA) is 92.2 Å². The van der Waals surface area contributed by atoms with E-state index in [1.165, 1.54) is 9.80 Å². The first-order valence-corrected chi connectivity index (χ1v) is 4.20. The summed E-state index contributed by atoms with van der Waals surface area (Å²) in [5, 5.41) is 13.5. The summed E-state index contributed by atoms with van der Waals surface area (Å²) in [4.78, 5) is 14.3. The highest BCUT2D eigenvalue weighted by Crippen LogP contribution is 2.19. The highest BCUT2D eigenvalue weighted by molar-refractivity contribution is 5.98. The fourth-order valence-electron chi connectivity index (χ4n) is 1.40.